The van der Waals surface area contributed by atoms with Gasteiger partial charge in [-0.25, -0.2) is 4.98 Å². The van der Waals surface area contributed by atoms with Crippen molar-refractivity contribution >= 4 is 11.7 Å². The third-order valence-electron chi connectivity index (χ3n) is 5.88. The van der Waals surface area contributed by atoms with Gasteiger partial charge in [-0.1, -0.05) is 13.3 Å². The second-order valence-corrected chi connectivity index (χ2v) is 7.67. The van der Waals surface area contributed by atoms with Crippen LogP contribution in [0.15, 0.2) is 18.3 Å². The van der Waals surface area contributed by atoms with Crippen molar-refractivity contribution in [2.45, 2.75) is 64.5 Å². The molecule has 0 aliphatic heterocycles. The molecular formula is C20H32N4O. The van der Waals surface area contributed by atoms with Crippen LogP contribution in [0, 0.1) is 11.8 Å². The molecule has 25 heavy (non-hydrogen) atoms. The number of amides is 1. The first-order valence-corrected chi connectivity index (χ1v) is 9.89. The molecule has 1 aromatic heterocycles. The first-order valence-electron chi connectivity index (χ1n) is 9.89. The fraction of sp³-hybridized carbons (Fsp3) is 0.700. The van der Waals surface area contributed by atoms with Crippen LogP contribution in [0.5, 0.6) is 0 Å². The highest BCUT2D eigenvalue weighted by Crippen LogP contribution is 2.39. The fourth-order valence-corrected chi connectivity index (χ4v) is 4.67. The molecule has 5 nitrogen and oxygen atoms in total. The van der Waals surface area contributed by atoms with Gasteiger partial charge in [-0.05, 0) is 63.0 Å². The van der Waals surface area contributed by atoms with Gasteiger partial charge in [0, 0.05) is 31.4 Å². The molecule has 5 heteroatoms. The van der Waals surface area contributed by atoms with Crippen molar-refractivity contribution < 1.29 is 4.79 Å². The molecule has 2 saturated carbocycles. The van der Waals surface area contributed by atoms with Crippen molar-refractivity contribution in [1.29, 1.82) is 0 Å². The summed E-state index contributed by atoms with van der Waals surface area (Å²) in [6, 6.07) is 4.46. The number of pyridine rings is 1. The number of carbonyl (C=O) groups excluding carboxylic acids is 1. The van der Waals surface area contributed by atoms with Gasteiger partial charge >= 0.3 is 0 Å². The van der Waals surface area contributed by atoms with Gasteiger partial charge in [-0.3, -0.25) is 4.79 Å². The van der Waals surface area contributed by atoms with E-state index in [1.165, 1.54) is 19.3 Å². The second kappa shape index (κ2) is 8.17. The molecule has 2 bridgehead atoms. The predicted molar refractivity (Wildman–Crippen MR) is 102 cm³/mol. The summed E-state index contributed by atoms with van der Waals surface area (Å²) in [5, 5.41) is 3.30. The maximum atomic E-state index is 12.7. The Bertz CT molecular complexity index is 560. The van der Waals surface area contributed by atoms with Crippen molar-refractivity contribution in [3.05, 3.63) is 23.9 Å². The van der Waals surface area contributed by atoms with Crippen LogP contribution in [0.25, 0.3) is 0 Å². The first-order chi connectivity index (χ1) is 12.1. The first kappa shape index (κ1) is 18.2. The Labute approximate surface area is 151 Å². The Morgan fingerprint density at radius 1 is 1.28 bits per heavy atom. The number of nitrogens with one attached hydrogen (secondary N) is 1. The number of nitrogens with zero attached hydrogens (tertiary/aromatic N) is 2. The van der Waals surface area contributed by atoms with E-state index in [-0.39, 0.29) is 11.9 Å². The number of nitrogens with two attached hydrogens (primary N) is 1. The summed E-state index contributed by atoms with van der Waals surface area (Å²) in [4.78, 5) is 19.4. The lowest BCUT2D eigenvalue weighted by Gasteiger charge is -2.45. The van der Waals surface area contributed by atoms with Crippen molar-refractivity contribution in [3.63, 3.8) is 0 Å². The van der Waals surface area contributed by atoms with Crippen molar-refractivity contribution in [1.82, 2.24) is 10.3 Å². The van der Waals surface area contributed by atoms with Crippen LogP contribution in [-0.4, -0.2) is 36.1 Å². The number of fused-ring (bicyclic) bond motifs is 2. The Hall–Kier alpha value is -1.62. The lowest BCUT2D eigenvalue weighted by molar-refractivity contribution is 0.0755. The summed E-state index contributed by atoms with van der Waals surface area (Å²) < 4.78 is 0. The van der Waals surface area contributed by atoms with E-state index >= 15 is 0 Å². The van der Waals surface area contributed by atoms with E-state index in [4.69, 9.17) is 5.73 Å². The zero-order valence-corrected chi connectivity index (χ0v) is 15.6. The summed E-state index contributed by atoms with van der Waals surface area (Å²) in [5.41, 5.74) is 6.84. The minimum atomic E-state index is 0.00922. The smallest absolute Gasteiger partial charge is 0.253 e. The van der Waals surface area contributed by atoms with E-state index in [0.717, 1.165) is 38.2 Å². The largest absolute Gasteiger partial charge is 0.357 e. The third kappa shape index (κ3) is 4.14. The molecule has 0 radical (unpaired) electrons. The number of aromatic nitrogens is 1. The van der Waals surface area contributed by atoms with Gasteiger partial charge in [0.05, 0.1) is 5.56 Å². The van der Waals surface area contributed by atoms with Gasteiger partial charge in [-0.15, -0.1) is 0 Å². The molecule has 2 unspecified atom stereocenters. The molecule has 0 aromatic carbocycles. The normalized spacial score (nSPS) is 28.4. The van der Waals surface area contributed by atoms with Gasteiger partial charge < -0.3 is 16.0 Å². The molecule has 2 aliphatic rings. The minimum Gasteiger partial charge on any atom is -0.357 e. The van der Waals surface area contributed by atoms with Crippen LogP contribution in [0.3, 0.4) is 0 Å². The summed E-state index contributed by atoms with van der Waals surface area (Å²) in [7, 11) is 0. The monoisotopic (exact) mass is 344 g/mol. The molecule has 0 spiro atoms. The van der Waals surface area contributed by atoms with Crippen LogP contribution in [0.4, 0.5) is 5.82 Å². The maximum Gasteiger partial charge on any atom is 0.253 e. The third-order valence-corrected chi connectivity index (χ3v) is 5.88. The quantitative estimate of drug-likeness (QED) is 0.832. The molecule has 3 N–H and O–H groups in total. The Balaban J connectivity index is 1.65. The van der Waals surface area contributed by atoms with E-state index in [1.54, 1.807) is 6.20 Å². The molecule has 2 aliphatic carbocycles. The van der Waals surface area contributed by atoms with Crippen LogP contribution in [0.1, 0.15) is 62.7 Å². The van der Waals surface area contributed by atoms with Gasteiger partial charge in [0.15, 0.2) is 0 Å². The number of hydrogen-bond donors (Lipinski definition) is 2. The summed E-state index contributed by atoms with van der Waals surface area (Å²) >= 11 is 0. The lowest BCUT2D eigenvalue weighted by Crippen LogP contribution is -2.53. The Kier molecular flexibility index (Phi) is 5.94. The molecule has 1 aromatic rings. The molecule has 2 fully saturated rings. The number of rotatable bonds is 6. The Morgan fingerprint density at radius 3 is 2.56 bits per heavy atom. The van der Waals surface area contributed by atoms with Crippen molar-refractivity contribution in [3.8, 4) is 0 Å². The van der Waals surface area contributed by atoms with Crippen LogP contribution in [0.2, 0.25) is 0 Å². The number of anilines is 1. The topological polar surface area (TPSA) is 71.2 Å². The number of hydrogen-bond acceptors (Lipinski definition) is 4. The molecule has 1 heterocycles. The second-order valence-electron chi connectivity index (χ2n) is 7.67. The van der Waals surface area contributed by atoms with E-state index in [0.29, 0.717) is 23.4 Å². The van der Waals surface area contributed by atoms with Gasteiger partial charge in [0.1, 0.15) is 5.82 Å². The predicted octanol–water partition coefficient (Wildman–Crippen LogP) is 2.95. The van der Waals surface area contributed by atoms with Crippen molar-refractivity contribution in [2.24, 2.45) is 17.6 Å². The van der Waals surface area contributed by atoms with Gasteiger partial charge in [0.2, 0.25) is 0 Å². The van der Waals surface area contributed by atoms with E-state index in [2.05, 4.69) is 29.0 Å². The molecule has 1 amide bonds. The molecule has 2 atom stereocenters. The summed E-state index contributed by atoms with van der Waals surface area (Å²) in [6.07, 6.45) is 8.54. The van der Waals surface area contributed by atoms with Crippen LogP contribution < -0.4 is 16.0 Å². The molecule has 0 saturated heterocycles. The standard InChI is InChI=1S/C20H32N4O/c1-3-10-24(4-2)18-9-8-16(13-22-18)20(25)23-19-14-6-5-7-15(19)12-17(21)11-14/h8-9,13-15,17,19H,3-7,10-12,21H2,1-2H3,(H,23,25). The summed E-state index contributed by atoms with van der Waals surface area (Å²) in [6.45, 7) is 6.21. The minimum absolute atomic E-state index is 0.00922. The highest BCUT2D eigenvalue weighted by Gasteiger charge is 2.39. The zero-order chi connectivity index (χ0) is 17.8. The molecule has 3 rings (SSSR count). The average molecular weight is 345 g/mol. The lowest BCUT2D eigenvalue weighted by atomic mass is 9.67. The molecular weight excluding hydrogens is 312 g/mol. The van der Waals surface area contributed by atoms with E-state index in [1.807, 2.05) is 12.1 Å². The van der Waals surface area contributed by atoms with E-state index in [9.17, 15) is 4.79 Å². The maximum absolute atomic E-state index is 12.7. The fourth-order valence-electron chi connectivity index (χ4n) is 4.67. The number of carbonyl (C=O) groups is 1. The van der Waals surface area contributed by atoms with Gasteiger partial charge in [-0.2, -0.15) is 0 Å². The van der Waals surface area contributed by atoms with Crippen molar-refractivity contribution in [2.75, 3.05) is 18.0 Å². The summed E-state index contributed by atoms with van der Waals surface area (Å²) in [5.74, 6) is 2.04. The highest BCUT2D eigenvalue weighted by molar-refractivity contribution is 5.94. The highest BCUT2D eigenvalue weighted by atomic mass is 16.1. The SMILES string of the molecule is CCCN(CC)c1ccc(C(=O)NC2C3CCCC2CC(N)C3)cn1. The van der Waals surface area contributed by atoms with E-state index < -0.39 is 0 Å². The zero-order valence-electron chi connectivity index (χ0n) is 15.6. The average Bonchev–Trinajstić information content (AvgIpc) is 2.60. The Morgan fingerprint density at radius 2 is 2.00 bits per heavy atom. The van der Waals surface area contributed by atoms with Crippen LogP contribution >= 0.6 is 0 Å². The van der Waals surface area contributed by atoms with Crippen LogP contribution in [-0.2, 0) is 0 Å². The van der Waals surface area contributed by atoms with Gasteiger partial charge in [0.25, 0.3) is 5.91 Å². The molecule has 138 valence electrons.